The smallest absolute Gasteiger partial charge is 0.254 e. The number of nitrogens with zero attached hydrogens (tertiary/aromatic N) is 3. The Labute approximate surface area is 196 Å². The van der Waals surface area contributed by atoms with E-state index in [1.54, 1.807) is 6.21 Å². The van der Waals surface area contributed by atoms with Crippen molar-refractivity contribution in [2.75, 3.05) is 0 Å². The fraction of sp³-hybridized carbons (Fsp3) is 0.296. The molecule has 3 aromatic rings. The summed E-state index contributed by atoms with van der Waals surface area (Å²) in [7, 11) is 0. The van der Waals surface area contributed by atoms with Gasteiger partial charge in [0.1, 0.15) is 0 Å². The SMILES string of the molecule is O=C1[C@H]2[C@H](C(=O)N1/N=C\c1cn(Cc3ccc(Cl)cc3)c3ccccc13)[C@H]1C=C[C@H]2C12CC2. The Hall–Kier alpha value is -3.18. The molecule has 2 amide bonds. The van der Waals surface area contributed by atoms with Crippen LogP contribution in [0.2, 0.25) is 5.02 Å². The van der Waals surface area contributed by atoms with E-state index in [0.29, 0.717) is 11.6 Å². The summed E-state index contributed by atoms with van der Waals surface area (Å²) in [4.78, 5) is 26.4. The fourth-order valence-corrected chi connectivity index (χ4v) is 6.72. The number of halogens is 1. The quantitative estimate of drug-likeness (QED) is 0.320. The molecule has 4 atom stereocenters. The van der Waals surface area contributed by atoms with Gasteiger partial charge in [0.25, 0.3) is 11.8 Å². The van der Waals surface area contributed by atoms with E-state index in [9.17, 15) is 9.59 Å². The second kappa shape index (κ2) is 6.67. The number of carbonyl (C=O) groups is 2. The third kappa shape index (κ3) is 2.63. The van der Waals surface area contributed by atoms with Gasteiger partial charge in [-0.3, -0.25) is 9.59 Å². The van der Waals surface area contributed by atoms with Crippen LogP contribution < -0.4 is 0 Å². The number of amides is 2. The van der Waals surface area contributed by atoms with E-state index in [2.05, 4.69) is 27.9 Å². The molecule has 2 bridgehead atoms. The Morgan fingerprint density at radius 1 is 0.970 bits per heavy atom. The van der Waals surface area contributed by atoms with Gasteiger partial charge in [0, 0.05) is 34.2 Å². The number of carbonyl (C=O) groups excluding carboxylic acids is 2. The minimum absolute atomic E-state index is 0.130. The van der Waals surface area contributed by atoms with Gasteiger partial charge < -0.3 is 4.57 Å². The molecule has 1 aromatic heterocycles. The van der Waals surface area contributed by atoms with Crippen molar-refractivity contribution in [1.82, 2.24) is 9.58 Å². The molecule has 0 unspecified atom stereocenters. The van der Waals surface area contributed by atoms with Gasteiger partial charge in [0.15, 0.2) is 0 Å². The highest BCUT2D eigenvalue weighted by atomic mass is 35.5. The predicted octanol–water partition coefficient (Wildman–Crippen LogP) is 4.87. The number of hydrazone groups is 1. The van der Waals surface area contributed by atoms with Gasteiger partial charge in [-0.2, -0.15) is 10.1 Å². The number of hydrogen-bond acceptors (Lipinski definition) is 3. The minimum atomic E-state index is -0.224. The van der Waals surface area contributed by atoms with Crippen LogP contribution in [0.15, 0.2) is 72.0 Å². The summed E-state index contributed by atoms with van der Waals surface area (Å²) >= 11 is 6.03. The average Bonchev–Trinajstić information content (AvgIpc) is 3.27. The normalized spacial score (nSPS) is 28.7. The second-order valence-corrected chi connectivity index (χ2v) is 10.2. The Morgan fingerprint density at radius 2 is 1.64 bits per heavy atom. The lowest BCUT2D eigenvalue weighted by atomic mass is 9.85. The molecule has 33 heavy (non-hydrogen) atoms. The summed E-state index contributed by atoms with van der Waals surface area (Å²) in [5, 5.41) is 7.33. The Morgan fingerprint density at radius 3 is 2.30 bits per heavy atom. The summed E-state index contributed by atoms with van der Waals surface area (Å²) in [6.45, 7) is 0.689. The number of imide groups is 1. The highest BCUT2D eigenvalue weighted by Gasteiger charge is 2.73. The molecule has 164 valence electrons. The molecule has 0 radical (unpaired) electrons. The minimum Gasteiger partial charge on any atom is -0.342 e. The van der Waals surface area contributed by atoms with Crippen LogP contribution in [0, 0.1) is 29.1 Å². The van der Waals surface area contributed by atoms with E-state index in [-0.39, 0.29) is 40.9 Å². The first-order valence-corrected chi connectivity index (χ1v) is 11.9. The Kier molecular flexibility index (Phi) is 3.90. The zero-order valence-corrected chi connectivity index (χ0v) is 18.7. The van der Waals surface area contributed by atoms with Crippen molar-refractivity contribution < 1.29 is 9.59 Å². The van der Waals surface area contributed by atoms with Crippen molar-refractivity contribution in [2.24, 2.45) is 34.2 Å². The monoisotopic (exact) mass is 455 g/mol. The van der Waals surface area contributed by atoms with Crippen LogP contribution in [0.3, 0.4) is 0 Å². The highest BCUT2D eigenvalue weighted by Crippen LogP contribution is 2.73. The topological polar surface area (TPSA) is 54.7 Å². The van der Waals surface area contributed by atoms with Crippen LogP contribution in [0.25, 0.3) is 10.9 Å². The molecule has 3 fully saturated rings. The van der Waals surface area contributed by atoms with Crippen LogP contribution in [-0.4, -0.2) is 27.6 Å². The maximum Gasteiger partial charge on any atom is 0.254 e. The summed E-state index contributed by atoms with van der Waals surface area (Å²) in [5.74, 6) is -0.281. The number of fused-ring (bicyclic) bond motifs is 4. The van der Waals surface area contributed by atoms with Crippen molar-refractivity contribution in [3.05, 3.63) is 83.0 Å². The van der Waals surface area contributed by atoms with Crippen LogP contribution in [0.5, 0.6) is 0 Å². The van der Waals surface area contributed by atoms with Crippen molar-refractivity contribution in [2.45, 2.75) is 19.4 Å². The molecule has 1 aliphatic heterocycles. The number of rotatable bonds is 4. The van der Waals surface area contributed by atoms with Crippen molar-refractivity contribution in [1.29, 1.82) is 0 Å². The molecule has 2 saturated carbocycles. The number of benzene rings is 2. The van der Waals surface area contributed by atoms with Gasteiger partial charge >= 0.3 is 0 Å². The number of allylic oxidation sites excluding steroid dienone is 2. The maximum absolute atomic E-state index is 13.2. The summed E-state index contributed by atoms with van der Waals surface area (Å²) in [6, 6.07) is 15.9. The molecular formula is C27H22ClN3O2. The Balaban J connectivity index is 1.20. The first-order valence-electron chi connectivity index (χ1n) is 11.5. The van der Waals surface area contributed by atoms with Crippen molar-refractivity contribution in [3.63, 3.8) is 0 Å². The molecule has 2 heterocycles. The lowest BCUT2D eigenvalue weighted by Gasteiger charge is -2.18. The number of hydrogen-bond donors (Lipinski definition) is 0. The zero-order chi connectivity index (χ0) is 22.3. The summed E-state index contributed by atoms with van der Waals surface area (Å²) < 4.78 is 2.16. The molecule has 1 spiro atoms. The van der Waals surface area contributed by atoms with Gasteiger partial charge in [0.2, 0.25) is 0 Å². The van der Waals surface area contributed by atoms with Gasteiger partial charge in [-0.05, 0) is 53.9 Å². The fourth-order valence-electron chi connectivity index (χ4n) is 6.59. The lowest BCUT2D eigenvalue weighted by Crippen LogP contribution is -2.30. The van der Waals surface area contributed by atoms with Crippen molar-refractivity contribution in [3.8, 4) is 0 Å². The second-order valence-electron chi connectivity index (χ2n) is 9.81. The Bertz CT molecular complexity index is 1350. The first-order chi connectivity index (χ1) is 16.1. The molecule has 0 N–H and O–H groups in total. The molecule has 4 aliphatic rings. The van der Waals surface area contributed by atoms with Gasteiger partial charge in [-0.25, -0.2) is 0 Å². The van der Waals surface area contributed by atoms with E-state index >= 15 is 0 Å². The summed E-state index contributed by atoms with van der Waals surface area (Å²) in [6.07, 6.45) is 10.3. The predicted molar refractivity (Wildman–Crippen MR) is 127 cm³/mol. The maximum atomic E-state index is 13.2. The van der Waals surface area contributed by atoms with Crippen LogP contribution in [0.1, 0.15) is 24.0 Å². The molecular weight excluding hydrogens is 434 g/mol. The molecule has 1 saturated heterocycles. The van der Waals surface area contributed by atoms with E-state index in [1.807, 2.05) is 48.7 Å². The van der Waals surface area contributed by atoms with Crippen molar-refractivity contribution >= 4 is 40.5 Å². The highest BCUT2D eigenvalue weighted by molar-refractivity contribution is 6.30. The molecule has 2 aromatic carbocycles. The molecule has 3 aliphatic carbocycles. The lowest BCUT2D eigenvalue weighted by molar-refractivity contribution is -0.141. The van der Waals surface area contributed by atoms with Gasteiger partial charge in [0.05, 0.1) is 18.1 Å². The summed E-state index contributed by atoms with van der Waals surface area (Å²) in [5.41, 5.74) is 3.30. The van der Waals surface area contributed by atoms with Crippen LogP contribution >= 0.6 is 11.6 Å². The van der Waals surface area contributed by atoms with Crippen LogP contribution in [0.4, 0.5) is 0 Å². The average molecular weight is 456 g/mol. The van der Waals surface area contributed by atoms with E-state index in [1.165, 1.54) is 0 Å². The molecule has 7 rings (SSSR count). The van der Waals surface area contributed by atoms with E-state index in [4.69, 9.17) is 11.6 Å². The molecule has 6 heteroatoms. The van der Waals surface area contributed by atoms with E-state index in [0.717, 1.165) is 39.9 Å². The van der Waals surface area contributed by atoms with E-state index < -0.39 is 0 Å². The standard InChI is InChI=1S/C27H22ClN3O2/c28-18-7-5-16(6-8-18)14-30-15-17(19-3-1-2-4-22(19)30)13-29-31-25(32)23-20-9-10-21(24(23)26(31)33)27(20)11-12-27/h1-10,13,15,20-21,23-24H,11-12,14H2/b29-13-/t20-,21-,23-,24-/m1/s1. The molecule has 5 nitrogen and oxygen atoms in total. The van der Waals surface area contributed by atoms with Gasteiger partial charge in [-0.15, -0.1) is 0 Å². The largest absolute Gasteiger partial charge is 0.342 e. The first kappa shape index (κ1) is 19.3. The number of aromatic nitrogens is 1. The number of para-hydroxylation sites is 1. The zero-order valence-electron chi connectivity index (χ0n) is 17.9. The third-order valence-electron chi connectivity index (χ3n) is 8.23. The van der Waals surface area contributed by atoms with Crippen LogP contribution in [-0.2, 0) is 16.1 Å². The third-order valence-corrected chi connectivity index (χ3v) is 8.48. The van der Waals surface area contributed by atoms with Gasteiger partial charge in [-0.1, -0.05) is 54.1 Å².